The van der Waals surface area contributed by atoms with Crippen molar-refractivity contribution < 1.29 is 14.4 Å². The minimum Gasteiger partial charge on any atom is -0.350 e. The molecule has 4 amide bonds. The van der Waals surface area contributed by atoms with Crippen LogP contribution in [-0.4, -0.2) is 47.4 Å². The predicted octanol–water partition coefficient (Wildman–Crippen LogP) is 4.90. The zero-order valence-corrected chi connectivity index (χ0v) is 21.3. The normalized spacial score (nSPS) is 11.6. The lowest BCUT2D eigenvalue weighted by Gasteiger charge is -2.30. The first-order valence-corrected chi connectivity index (χ1v) is 12.4. The number of hydrogen-bond donors (Lipinski definition) is 3. The van der Waals surface area contributed by atoms with Gasteiger partial charge in [0.1, 0.15) is 11.7 Å². The highest BCUT2D eigenvalue weighted by molar-refractivity contribution is 7.14. The van der Waals surface area contributed by atoms with E-state index < -0.39 is 12.1 Å². The number of amides is 4. The molecule has 0 aliphatic heterocycles. The van der Waals surface area contributed by atoms with Crippen molar-refractivity contribution in [2.75, 3.05) is 24.2 Å². The smallest absolute Gasteiger partial charge is 0.322 e. The van der Waals surface area contributed by atoms with Gasteiger partial charge in [0.2, 0.25) is 5.91 Å². The molecule has 0 unspecified atom stereocenters. The van der Waals surface area contributed by atoms with Gasteiger partial charge >= 0.3 is 6.03 Å². The van der Waals surface area contributed by atoms with Crippen molar-refractivity contribution in [3.05, 3.63) is 76.3 Å². The lowest BCUT2D eigenvalue weighted by Crippen LogP contribution is -2.49. The van der Waals surface area contributed by atoms with Crippen LogP contribution in [0.15, 0.2) is 60.0 Å². The molecule has 0 saturated carbocycles. The van der Waals surface area contributed by atoms with E-state index in [4.69, 9.17) is 11.6 Å². The number of aromatic nitrogens is 1. The second kappa shape index (κ2) is 12.3. The maximum atomic E-state index is 13.0. The molecule has 1 heterocycles. The van der Waals surface area contributed by atoms with Crippen LogP contribution >= 0.6 is 22.9 Å². The number of nitrogens with one attached hydrogen (secondary N) is 3. The van der Waals surface area contributed by atoms with E-state index in [0.29, 0.717) is 28.8 Å². The highest BCUT2D eigenvalue weighted by atomic mass is 35.5. The van der Waals surface area contributed by atoms with Gasteiger partial charge in [-0.05, 0) is 42.2 Å². The van der Waals surface area contributed by atoms with Crippen LogP contribution in [0.5, 0.6) is 0 Å². The molecule has 0 radical (unpaired) electrons. The fourth-order valence-electron chi connectivity index (χ4n) is 3.47. The summed E-state index contributed by atoms with van der Waals surface area (Å²) in [7, 11) is 1.56. The summed E-state index contributed by atoms with van der Waals surface area (Å²) in [5.41, 5.74) is 1.92. The van der Waals surface area contributed by atoms with Gasteiger partial charge in [-0.15, -0.1) is 11.3 Å². The summed E-state index contributed by atoms with van der Waals surface area (Å²) < 4.78 is 0. The van der Waals surface area contributed by atoms with Crippen LogP contribution < -0.4 is 16.0 Å². The number of rotatable bonds is 9. The first-order valence-electron chi connectivity index (χ1n) is 11.1. The van der Waals surface area contributed by atoms with Crippen LogP contribution in [0.25, 0.3) is 0 Å². The van der Waals surface area contributed by atoms with Gasteiger partial charge in [-0.2, -0.15) is 0 Å². The molecule has 1 aromatic heterocycles. The Morgan fingerprint density at radius 3 is 2.37 bits per heavy atom. The molecule has 3 aromatic rings. The third-order valence-electron chi connectivity index (χ3n) is 5.24. The van der Waals surface area contributed by atoms with Crippen LogP contribution in [-0.2, 0) is 11.2 Å². The van der Waals surface area contributed by atoms with Gasteiger partial charge in [0.05, 0.1) is 0 Å². The Hall–Kier alpha value is -3.43. The fraction of sp³-hybridized carbons (Fsp3) is 0.280. The topological polar surface area (TPSA) is 103 Å². The Balaban J connectivity index is 1.56. The summed E-state index contributed by atoms with van der Waals surface area (Å²) in [5, 5.41) is 10.8. The van der Waals surface area contributed by atoms with Crippen molar-refractivity contribution in [1.29, 1.82) is 0 Å². The third kappa shape index (κ3) is 7.53. The summed E-state index contributed by atoms with van der Waals surface area (Å²) in [6.45, 7) is 4.18. The minimum atomic E-state index is -0.755. The second-order valence-corrected chi connectivity index (χ2v) is 9.55. The highest BCUT2D eigenvalue weighted by Crippen LogP contribution is 2.20. The Labute approximate surface area is 213 Å². The standard InChI is InChI=1S/C25H28ClN5O3S/c1-16(2)21(31(3)25(34)28-19-11-9-18(26)10-12-19)23(33)30-24-29-20(15-35-24)22(32)27-14-13-17-7-5-4-6-8-17/h4-12,15-16,21H,13-14H2,1-3H3,(H,27,32)(H,28,34)(H,29,30,33)/t21-/m0/s1. The zero-order valence-electron chi connectivity index (χ0n) is 19.7. The molecule has 0 fully saturated rings. The van der Waals surface area contributed by atoms with E-state index in [1.807, 2.05) is 44.2 Å². The van der Waals surface area contributed by atoms with Gasteiger partial charge in [-0.25, -0.2) is 9.78 Å². The molecular formula is C25H28ClN5O3S. The zero-order chi connectivity index (χ0) is 25.4. The van der Waals surface area contributed by atoms with Crippen molar-refractivity contribution >= 4 is 51.6 Å². The highest BCUT2D eigenvalue weighted by Gasteiger charge is 2.30. The third-order valence-corrected chi connectivity index (χ3v) is 6.25. The van der Waals surface area contributed by atoms with Crippen molar-refractivity contribution in [3.63, 3.8) is 0 Å². The van der Waals surface area contributed by atoms with E-state index in [9.17, 15) is 14.4 Å². The van der Waals surface area contributed by atoms with E-state index in [1.165, 1.54) is 4.90 Å². The van der Waals surface area contributed by atoms with Crippen molar-refractivity contribution in [3.8, 4) is 0 Å². The molecule has 0 aliphatic carbocycles. The average Bonchev–Trinajstić information content (AvgIpc) is 3.29. The maximum absolute atomic E-state index is 13.0. The summed E-state index contributed by atoms with van der Waals surface area (Å²) in [6.07, 6.45) is 0.709. The molecule has 35 heavy (non-hydrogen) atoms. The van der Waals surface area contributed by atoms with Crippen LogP contribution in [0, 0.1) is 5.92 Å². The Morgan fingerprint density at radius 2 is 1.71 bits per heavy atom. The van der Waals surface area contributed by atoms with E-state index in [0.717, 1.165) is 16.9 Å². The molecule has 184 valence electrons. The quantitative estimate of drug-likeness (QED) is 0.378. The van der Waals surface area contributed by atoms with E-state index >= 15 is 0 Å². The van der Waals surface area contributed by atoms with Crippen molar-refractivity contribution in [1.82, 2.24) is 15.2 Å². The summed E-state index contributed by atoms with van der Waals surface area (Å²) in [6, 6.07) is 15.4. The lowest BCUT2D eigenvalue weighted by atomic mass is 10.0. The molecule has 2 aromatic carbocycles. The maximum Gasteiger partial charge on any atom is 0.322 e. The van der Waals surface area contributed by atoms with Gasteiger partial charge in [0.15, 0.2) is 5.13 Å². The number of halogens is 1. The van der Waals surface area contributed by atoms with E-state index in [1.54, 1.807) is 36.7 Å². The van der Waals surface area contributed by atoms with Crippen LogP contribution in [0.3, 0.4) is 0 Å². The Kier molecular flexibility index (Phi) is 9.22. The molecule has 0 aliphatic rings. The van der Waals surface area contributed by atoms with Crippen LogP contribution in [0.4, 0.5) is 15.6 Å². The molecule has 0 spiro atoms. The lowest BCUT2D eigenvalue weighted by molar-refractivity contribution is -0.121. The number of nitrogens with zero attached hydrogens (tertiary/aromatic N) is 2. The Morgan fingerprint density at radius 1 is 1.03 bits per heavy atom. The molecular weight excluding hydrogens is 486 g/mol. The molecule has 1 atom stereocenters. The fourth-order valence-corrected chi connectivity index (χ4v) is 4.29. The summed E-state index contributed by atoms with van der Waals surface area (Å²) >= 11 is 7.04. The number of likely N-dealkylation sites (N-methyl/N-ethyl adjacent to an activating group) is 1. The molecule has 10 heteroatoms. The average molecular weight is 514 g/mol. The van der Waals surface area contributed by atoms with Gasteiger partial charge in [-0.1, -0.05) is 55.8 Å². The van der Waals surface area contributed by atoms with Crippen LogP contribution in [0.1, 0.15) is 29.9 Å². The first-order chi connectivity index (χ1) is 16.7. The number of benzene rings is 2. The van der Waals surface area contributed by atoms with Crippen molar-refractivity contribution in [2.24, 2.45) is 5.92 Å². The number of carbonyl (C=O) groups excluding carboxylic acids is 3. The molecule has 0 saturated heterocycles. The molecule has 0 bridgehead atoms. The summed E-state index contributed by atoms with van der Waals surface area (Å²) in [5.74, 6) is -0.867. The minimum absolute atomic E-state index is 0.170. The van der Waals surface area contributed by atoms with E-state index in [2.05, 4.69) is 20.9 Å². The molecule has 8 nitrogen and oxygen atoms in total. The van der Waals surface area contributed by atoms with Gasteiger partial charge in [-0.3, -0.25) is 9.59 Å². The molecule has 3 rings (SSSR count). The number of anilines is 2. The van der Waals surface area contributed by atoms with Gasteiger partial charge in [0, 0.05) is 29.7 Å². The first kappa shape index (κ1) is 26.2. The Bertz CT molecular complexity index is 1150. The largest absolute Gasteiger partial charge is 0.350 e. The van der Waals surface area contributed by atoms with E-state index in [-0.39, 0.29) is 23.4 Å². The SMILES string of the molecule is CC(C)[C@@H](C(=O)Nc1nc(C(=O)NCCc2ccccc2)cs1)N(C)C(=O)Nc1ccc(Cl)cc1. The number of urea groups is 1. The van der Waals surface area contributed by atoms with Crippen molar-refractivity contribution in [2.45, 2.75) is 26.3 Å². The van der Waals surface area contributed by atoms with Gasteiger partial charge < -0.3 is 20.9 Å². The number of hydrogen-bond acceptors (Lipinski definition) is 5. The molecule has 3 N–H and O–H groups in total. The number of carbonyl (C=O) groups is 3. The monoisotopic (exact) mass is 513 g/mol. The predicted molar refractivity (Wildman–Crippen MR) is 140 cm³/mol. The van der Waals surface area contributed by atoms with Crippen LogP contribution in [0.2, 0.25) is 5.02 Å². The second-order valence-electron chi connectivity index (χ2n) is 8.26. The van der Waals surface area contributed by atoms with Gasteiger partial charge in [0.25, 0.3) is 5.91 Å². The summed E-state index contributed by atoms with van der Waals surface area (Å²) in [4.78, 5) is 43.8. The number of thiazole rings is 1.